The molecule has 3 nitrogen and oxygen atoms in total. The number of ketones is 1. The second-order valence-electron chi connectivity index (χ2n) is 4.55. The Kier molecular flexibility index (Phi) is 3.97. The van der Waals surface area contributed by atoms with Crippen LogP contribution in [0.2, 0.25) is 0 Å². The number of ether oxygens (including phenoxy) is 1. The van der Waals surface area contributed by atoms with Gasteiger partial charge < -0.3 is 4.74 Å². The van der Waals surface area contributed by atoms with Gasteiger partial charge in [-0.15, -0.1) is 0 Å². The van der Waals surface area contributed by atoms with Crippen molar-refractivity contribution in [3.63, 3.8) is 0 Å². The average molecular weight is 342 g/mol. The largest absolute Gasteiger partial charge is 0.485 e. The number of nitrogens with zero attached hydrogens (tertiary/aromatic N) is 1. The predicted octanol–water partition coefficient (Wildman–Crippen LogP) is 4.26. The maximum absolute atomic E-state index is 12.1. The Hall–Kier alpha value is -2.20. The average Bonchev–Trinajstić information content (AvgIpc) is 2.53. The van der Waals surface area contributed by atoms with Gasteiger partial charge in [-0.3, -0.25) is 9.78 Å². The topological polar surface area (TPSA) is 39.2 Å². The first-order chi connectivity index (χ1) is 10.2. The van der Waals surface area contributed by atoms with Gasteiger partial charge in [0.15, 0.2) is 6.61 Å². The van der Waals surface area contributed by atoms with Crippen LogP contribution in [0.15, 0.2) is 65.3 Å². The number of hydrogen-bond acceptors (Lipinski definition) is 3. The van der Waals surface area contributed by atoms with E-state index >= 15 is 0 Å². The number of rotatable bonds is 4. The van der Waals surface area contributed by atoms with E-state index in [1.165, 1.54) is 0 Å². The molecule has 0 N–H and O–H groups in total. The molecule has 0 unspecified atom stereocenters. The monoisotopic (exact) mass is 341 g/mol. The first-order valence-corrected chi connectivity index (χ1v) is 7.28. The van der Waals surface area contributed by atoms with E-state index in [0.717, 1.165) is 15.4 Å². The van der Waals surface area contributed by atoms with Crippen LogP contribution in [0, 0.1) is 0 Å². The molecule has 0 aliphatic heterocycles. The van der Waals surface area contributed by atoms with E-state index in [2.05, 4.69) is 20.9 Å². The lowest BCUT2D eigenvalue weighted by Crippen LogP contribution is -2.12. The fourth-order valence-electron chi connectivity index (χ4n) is 2.05. The summed E-state index contributed by atoms with van der Waals surface area (Å²) in [6, 6.07) is 16.8. The van der Waals surface area contributed by atoms with Gasteiger partial charge in [0.05, 0.1) is 5.52 Å². The molecule has 0 saturated heterocycles. The van der Waals surface area contributed by atoms with Crippen LogP contribution in [0.5, 0.6) is 5.75 Å². The molecule has 1 aromatic heterocycles. The molecule has 2 aromatic carbocycles. The number of hydrogen-bond donors (Lipinski definition) is 0. The summed E-state index contributed by atoms with van der Waals surface area (Å²) in [6.45, 7) is 0.000946. The van der Waals surface area contributed by atoms with E-state index in [9.17, 15) is 4.79 Å². The summed E-state index contributed by atoms with van der Waals surface area (Å²) in [5.74, 6) is 0.574. The highest BCUT2D eigenvalue weighted by molar-refractivity contribution is 9.10. The third kappa shape index (κ3) is 3.11. The molecule has 4 heteroatoms. The van der Waals surface area contributed by atoms with Gasteiger partial charge in [0.25, 0.3) is 0 Å². The van der Waals surface area contributed by atoms with Crippen molar-refractivity contribution in [3.05, 3.63) is 70.8 Å². The zero-order chi connectivity index (χ0) is 14.7. The fourth-order valence-corrected chi connectivity index (χ4v) is 2.56. The van der Waals surface area contributed by atoms with Gasteiger partial charge in [0.2, 0.25) is 5.78 Å². The van der Waals surface area contributed by atoms with Gasteiger partial charge in [-0.2, -0.15) is 0 Å². The minimum absolute atomic E-state index is 0.000946. The van der Waals surface area contributed by atoms with E-state index in [0.29, 0.717) is 11.3 Å². The van der Waals surface area contributed by atoms with Crippen molar-refractivity contribution < 1.29 is 9.53 Å². The summed E-state index contributed by atoms with van der Waals surface area (Å²) in [6.07, 6.45) is 1.73. The van der Waals surface area contributed by atoms with Crippen molar-refractivity contribution >= 4 is 32.6 Å². The Labute approximate surface area is 130 Å². The number of carbonyl (C=O) groups is 1. The number of benzene rings is 2. The molecule has 0 radical (unpaired) electrons. The molecule has 3 aromatic rings. The number of halogens is 1. The van der Waals surface area contributed by atoms with Crippen molar-refractivity contribution in [1.82, 2.24) is 4.98 Å². The molecule has 0 bridgehead atoms. The zero-order valence-electron chi connectivity index (χ0n) is 11.1. The third-order valence-corrected chi connectivity index (χ3v) is 3.81. The van der Waals surface area contributed by atoms with E-state index in [-0.39, 0.29) is 12.4 Å². The second-order valence-corrected chi connectivity index (χ2v) is 5.40. The molecule has 0 atom stereocenters. The molecule has 0 spiro atoms. The number of aromatic nitrogens is 1. The molecule has 104 valence electrons. The van der Waals surface area contributed by atoms with Crippen LogP contribution in [-0.4, -0.2) is 17.4 Å². The van der Waals surface area contributed by atoms with Crippen LogP contribution in [-0.2, 0) is 0 Å². The molecular formula is C17H12BrNO2. The Bertz CT molecular complexity index is 801. The van der Waals surface area contributed by atoms with Gasteiger partial charge in [-0.05, 0) is 24.3 Å². The molecular weight excluding hydrogens is 330 g/mol. The van der Waals surface area contributed by atoms with Crippen molar-refractivity contribution in [3.8, 4) is 5.75 Å². The van der Waals surface area contributed by atoms with Crippen LogP contribution < -0.4 is 4.74 Å². The molecule has 0 aliphatic rings. The van der Waals surface area contributed by atoms with E-state index in [1.807, 2.05) is 48.5 Å². The smallest absolute Gasteiger partial charge is 0.201 e. The molecule has 21 heavy (non-hydrogen) atoms. The summed E-state index contributed by atoms with van der Waals surface area (Å²) < 4.78 is 6.35. The van der Waals surface area contributed by atoms with Crippen molar-refractivity contribution in [2.45, 2.75) is 0 Å². The lowest BCUT2D eigenvalue weighted by molar-refractivity contribution is 0.0921. The van der Waals surface area contributed by atoms with Crippen LogP contribution >= 0.6 is 15.9 Å². The van der Waals surface area contributed by atoms with Crippen LogP contribution in [0.25, 0.3) is 10.9 Å². The maximum atomic E-state index is 12.1. The minimum atomic E-state index is -0.0661. The summed E-state index contributed by atoms with van der Waals surface area (Å²) in [7, 11) is 0. The number of fused-ring (bicyclic) bond motifs is 1. The third-order valence-electron chi connectivity index (χ3n) is 3.12. The molecule has 0 fully saturated rings. The predicted molar refractivity (Wildman–Crippen MR) is 85.7 cm³/mol. The fraction of sp³-hybridized carbons (Fsp3) is 0.0588. The maximum Gasteiger partial charge on any atom is 0.201 e. The summed E-state index contributed by atoms with van der Waals surface area (Å²) in [5.41, 5.74) is 1.47. The standard InChI is InChI=1S/C17H12BrNO2/c18-15-6-2-1-5-14(15)17(20)11-21-13-8-7-12-4-3-9-19-16(12)10-13/h1-10H,11H2. The van der Waals surface area contributed by atoms with E-state index < -0.39 is 0 Å². The van der Waals surface area contributed by atoms with Crippen molar-refractivity contribution in [2.75, 3.05) is 6.61 Å². The number of pyridine rings is 1. The lowest BCUT2D eigenvalue weighted by atomic mass is 10.1. The van der Waals surface area contributed by atoms with Gasteiger partial charge >= 0.3 is 0 Å². The van der Waals surface area contributed by atoms with Crippen molar-refractivity contribution in [2.24, 2.45) is 0 Å². The Morgan fingerprint density at radius 2 is 1.95 bits per heavy atom. The van der Waals surface area contributed by atoms with Crippen LogP contribution in [0.3, 0.4) is 0 Å². The van der Waals surface area contributed by atoms with E-state index in [1.54, 1.807) is 12.3 Å². The molecule has 3 rings (SSSR count). The first kappa shape index (κ1) is 13.8. The summed E-state index contributed by atoms with van der Waals surface area (Å²) in [4.78, 5) is 16.4. The number of Topliss-reactive ketones (excluding diaryl/α,β-unsaturated/α-hetero) is 1. The van der Waals surface area contributed by atoms with Gasteiger partial charge in [-0.1, -0.05) is 40.2 Å². The Balaban J connectivity index is 1.74. The van der Waals surface area contributed by atoms with E-state index in [4.69, 9.17) is 4.74 Å². The highest BCUT2D eigenvalue weighted by Crippen LogP contribution is 2.20. The molecule has 0 aliphatic carbocycles. The highest BCUT2D eigenvalue weighted by Gasteiger charge is 2.10. The Morgan fingerprint density at radius 1 is 1.10 bits per heavy atom. The molecule has 1 heterocycles. The van der Waals surface area contributed by atoms with Gasteiger partial charge in [0, 0.05) is 27.7 Å². The van der Waals surface area contributed by atoms with Gasteiger partial charge in [0.1, 0.15) is 5.75 Å². The van der Waals surface area contributed by atoms with Crippen LogP contribution in [0.4, 0.5) is 0 Å². The highest BCUT2D eigenvalue weighted by atomic mass is 79.9. The zero-order valence-corrected chi connectivity index (χ0v) is 12.7. The SMILES string of the molecule is O=C(COc1ccc2cccnc2c1)c1ccccc1Br. The Morgan fingerprint density at radius 3 is 2.81 bits per heavy atom. The van der Waals surface area contributed by atoms with Gasteiger partial charge in [-0.25, -0.2) is 0 Å². The second kappa shape index (κ2) is 6.06. The summed E-state index contributed by atoms with van der Waals surface area (Å²) >= 11 is 3.37. The van der Waals surface area contributed by atoms with Crippen molar-refractivity contribution in [1.29, 1.82) is 0 Å². The lowest BCUT2D eigenvalue weighted by Gasteiger charge is -2.07. The minimum Gasteiger partial charge on any atom is -0.485 e. The first-order valence-electron chi connectivity index (χ1n) is 6.49. The molecule has 0 saturated carbocycles. The molecule has 0 amide bonds. The summed E-state index contributed by atoms with van der Waals surface area (Å²) in [5, 5.41) is 1.04. The quantitative estimate of drug-likeness (QED) is 0.665. The number of carbonyl (C=O) groups excluding carboxylic acids is 1. The van der Waals surface area contributed by atoms with Crippen LogP contribution in [0.1, 0.15) is 10.4 Å². The normalized spacial score (nSPS) is 10.5.